The van der Waals surface area contributed by atoms with Gasteiger partial charge in [0, 0.05) is 17.6 Å². The fourth-order valence-electron chi connectivity index (χ4n) is 3.26. The van der Waals surface area contributed by atoms with Gasteiger partial charge in [0.2, 0.25) is 0 Å². The maximum Gasteiger partial charge on any atom is 0.339 e. The molecule has 29 heavy (non-hydrogen) atoms. The van der Waals surface area contributed by atoms with Crippen LogP contribution in [0.4, 0.5) is 4.39 Å². The predicted molar refractivity (Wildman–Crippen MR) is 109 cm³/mol. The summed E-state index contributed by atoms with van der Waals surface area (Å²) in [6.45, 7) is 3.67. The van der Waals surface area contributed by atoms with E-state index >= 15 is 0 Å². The highest BCUT2D eigenvalue weighted by atomic mass is 19.1. The predicted octanol–water partition coefficient (Wildman–Crippen LogP) is 3.76. The Morgan fingerprint density at radius 3 is 2.59 bits per heavy atom. The second-order valence-corrected chi connectivity index (χ2v) is 6.70. The second-order valence-electron chi connectivity index (χ2n) is 6.70. The number of carbonyl (C=O) groups excluding carboxylic acids is 2. The van der Waals surface area contributed by atoms with Gasteiger partial charge in [-0.25, -0.2) is 9.18 Å². The van der Waals surface area contributed by atoms with E-state index in [1.165, 1.54) is 6.07 Å². The smallest absolute Gasteiger partial charge is 0.339 e. The maximum atomic E-state index is 13.6. The highest BCUT2D eigenvalue weighted by Crippen LogP contribution is 2.24. The number of para-hydroxylation sites is 1. The molecule has 0 atom stereocenters. The largest absolute Gasteiger partial charge is 0.452 e. The van der Waals surface area contributed by atoms with Crippen molar-refractivity contribution in [3.63, 3.8) is 0 Å². The molecule has 5 nitrogen and oxygen atoms in total. The normalized spacial score (nSPS) is 10.7. The van der Waals surface area contributed by atoms with Gasteiger partial charge in [-0.15, -0.1) is 0 Å². The molecule has 150 valence electrons. The van der Waals surface area contributed by atoms with Crippen LogP contribution in [-0.4, -0.2) is 30.0 Å². The fourth-order valence-corrected chi connectivity index (χ4v) is 3.26. The number of benzene rings is 2. The molecule has 1 aromatic heterocycles. The molecule has 1 N–H and O–H groups in total. The van der Waals surface area contributed by atoms with Crippen molar-refractivity contribution < 1.29 is 18.7 Å². The number of halogens is 1. The zero-order chi connectivity index (χ0) is 20.8. The number of carbonyl (C=O) groups is 2. The Bertz CT molecular complexity index is 1050. The van der Waals surface area contributed by atoms with Crippen molar-refractivity contribution in [2.75, 3.05) is 13.2 Å². The molecule has 6 heteroatoms. The van der Waals surface area contributed by atoms with Crippen LogP contribution >= 0.6 is 0 Å². The third-order valence-electron chi connectivity index (χ3n) is 4.78. The van der Waals surface area contributed by atoms with Gasteiger partial charge in [0.15, 0.2) is 6.61 Å². The number of amides is 1. The van der Waals surface area contributed by atoms with Crippen molar-refractivity contribution >= 4 is 22.8 Å². The Labute approximate surface area is 168 Å². The average Bonchev–Trinajstić information content (AvgIpc) is 2.73. The standard InChI is InChI=1S/C23H23FN2O3/c1-3-19-15(2)22(17-9-5-7-11-20(17)26-19)23(28)29-14-21(27)25-13-12-16-8-4-6-10-18(16)24/h4-11H,3,12-14H2,1-2H3,(H,25,27). The summed E-state index contributed by atoms with van der Waals surface area (Å²) in [7, 11) is 0. The number of rotatable bonds is 7. The van der Waals surface area contributed by atoms with Gasteiger partial charge >= 0.3 is 5.97 Å². The zero-order valence-electron chi connectivity index (χ0n) is 16.5. The lowest BCUT2D eigenvalue weighted by atomic mass is 10.0. The van der Waals surface area contributed by atoms with Crippen molar-refractivity contribution in [2.45, 2.75) is 26.7 Å². The minimum atomic E-state index is -0.556. The minimum Gasteiger partial charge on any atom is -0.452 e. The molecule has 2 aromatic carbocycles. The number of hydrogen-bond acceptors (Lipinski definition) is 4. The first kappa shape index (κ1) is 20.5. The molecule has 0 saturated carbocycles. The van der Waals surface area contributed by atoms with Crippen LogP contribution < -0.4 is 5.32 Å². The molecule has 0 radical (unpaired) electrons. The molecular weight excluding hydrogens is 371 g/mol. The van der Waals surface area contributed by atoms with Crippen molar-refractivity contribution in [3.8, 4) is 0 Å². The van der Waals surface area contributed by atoms with Gasteiger partial charge in [0.25, 0.3) is 5.91 Å². The molecule has 0 spiro atoms. The number of ether oxygens (including phenoxy) is 1. The van der Waals surface area contributed by atoms with E-state index in [4.69, 9.17) is 4.74 Å². The first-order valence-electron chi connectivity index (χ1n) is 9.56. The number of pyridine rings is 1. The number of aryl methyl sites for hydroxylation is 1. The van der Waals surface area contributed by atoms with Gasteiger partial charge in [-0.05, 0) is 43.0 Å². The van der Waals surface area contributed by atoms with Crippen LogP contribution in [0.5, 0.6) is 0 Å². The molecule has 1 amide bonds. The SMILES string of the molecule is CCc1nc2ccccc2c(C(=O)OCC(=O)NCCc2ccccc2F)c1C. The average molecular weight is 394 g/mol. The molecule has 0 aliphatic rings. The lowest BCUT2D eigenvalue weighted by Crippen LogP contribution is -2.30. The number of fused-ring (bicyclic) bond motifs is 1. The lowest BCUT2D eigenvalue weighted by molar-refractivity contribution is -0.124. The molecule has 0 unspecified atom stereocenters. The monoisotopic (exact) mass is 394 g/mol. The van der Waals surface area contributed by atoms with Crippen LogP contribution in [0.25, 0.3) is 10.9 Å². The molecule has 0 saturated heterocycles. The highest BCUT2D eigenvalue weighted by molar-refractivity contribution is 6.05. The summed E-state index contributed by atoms with van der Waals surface area (Å²) in [4.78, 5) is 29.3. The van der Waals surface area contributed by atoms with E-state index < -0.39 is 18.5 Å². The molecule has 1 heterocycles. The minimum absolute atomic E-state index is 0.258. The topological polar surface area (TPSA) is 68.3 Å². The Morgan fingerprint density at radius 2 is 1.83 bits per heavy atom. The summed E-state index contributed by atoms with van der Waals surface area (Å²) in [6, 6.07) is 13.8. The van der Waals surface area contributed by atoms with Crippen LogP contribution in [0.2, 0.25) is 0 Å². The van der Waals surface area contributed by atoms with Crippen molar-refractivity contribution in [2.24, 2.45) is 0 Å². The molecular formula is C23H23FN2O3. The molecule has 3 aromatic rings. The highest BCUT2D eigenvalue weighted by Gasteiger charge is 2.19. The quantitative estimate of drug-likeness (QED) is 0.620. The summed E-state index contributed by atoms with van der Waals surface area (Å²) in [5.74, 6) is -1.29. The summed E-state index contributed by atoms with van der Waals surface area (Å²) < 4.78 is 18.8. The lowest BCUT2D eigenvalue weighted by Gasteiger charge is -2.13. The van der Waals surface area contributed by atoms with Gasteiger partial charge < -0.3 is 10.1 Å². The molecule has 3 rings (SSSR count). The fraction of sp³-hybridized carbons (Fsp3) is 0.261. The van der Waals surface area contributed by atoms with E-state index in [1.54, 1.807) is 18.2 Å². The number of esters is 1. The summed E-state index contributed by atoms with van der Waals surface area (Å²) >= 11 is 0. The van der Waals surface area contributed by atoms with Crippen molar-refractivity contribution in [3.05, 3.63) is 76.7 Å². The molecule has 0 aliphatic carbocycles. The van der Waals surface area contributed by atoms with E-state index in [0.29, 0.717) is 29.4 Å². The Morgan fingerprint density at radius 1 is 1.10 bits per heavy atom. The number of aromatic nitrogens is 1. The molecule has 0 fully saturated rings. The van der Waals surface area contributed by atoms with E-state index in [0.717, 1.165) is 16.8 Å². The summed E-state index contributed by atoms with van der Waals surface area (Å²) in [5, 5.41) is 3.35. The number of nitrogens with zero attached hydrogens (tertiary/aromatic N) is 1. The van der Waals surface area contributed by atoms with Gasteiger partial charge in [0.05, 0.1) is 11.1 Å². The van der Waals surface area contributed by atoms with Crippen molar-refractivity contribution in [1.29, 1.82) is 0 Å². The molecule has 0 aliphatic heterocycles. The van der Waals surface area contributed by atoms with Gasteiger partial charge in [0.1, 0.15) is 5.82 Å². The van der Waals surface area contributed by atoms with E-state index in [2.05, 4.69) is 10.3 Å². The molecule has 0 bridgehead atoms. The van der Waals surface area contributed by atoms with E-state index in [1.807, 2.05) is 38.1 Å². The van der Waals surface area contributed by atoms with E-state index in [9.17, 15) is 14.0 Å². The summed E-state index contributed by atoms with van der Waals surface area (Å²) in [5.41, 5.74) is 3.26. The van der Waals surface area contributed by atoms with Gasteiger partial charge in [-0.2, -0.15) is 0 Å². The van der Waals surface area contributed by atoms with Gasteiger partial charge in [-0.1, -0.05) is 43.3 Å². The zero-order valence-corrected chi connectivity index (χ0v) is 16.5. The van der Waals surface area contributed by atoms with Crippen LogP contribution in [0.1, 0.15) is 34.1 Å². The van der Waals surface area contributed by atoms with Gasteiger partial charge in [-0.3, -0.25) is 9.78 Å². The first-order valence-corrected chi connectivity index (χ1v) is 9.56. The van der Waals surface area contributed by atoms with Crippen LogP contribution in [0.15, 0.2) is 48.5 Å². The van der Waals surface area contributed by atoms with Crippen LogP contribution in [-0.2, 0) is 22.4 Å². The van der Waals surface area contributed by atoms with Crippen LogP contribution in [0.3, 0.4) is 0 Å². The maximum absolute atomic E-state index is 13.6. The summed E-state index contributed by atoms with van der Waals surface area (Å²) in [6.07, 6.45) is 1.05. The first-order chi connectivity index (χ1) is 14.0. The van der Waals surface area contributed by atoms with Crippen LogP contribution in [0, 0.1) is 12.7 Å². The number of nitrogens with one attached hydrogen (secondary N) is 1. The Balaban J connectivity index is 1.63. The Kier molecular flexibility index (Phi) is 6.54. The van der Waals surface area contributed by atoms with E-state index in [-0.39, 0.29) is 12.4 Å². The van der Waals surface area contributed by atoms with Crippen molar-refractivity contribution in [1.82, 2.24) is 10.3 Å². The number of hydrogen-bond donors (Lipinski definition) is 1. The Hall–Kier alpha value is -3.28. The third kappa shape index (κ3) is 4.77. The second kappa shape index (κ2) is 9.28. The third-order valence-corrected chi connectivity index (χ3v) is 4.78.